The Hall–Kier alpha value is -4.11. The Morgan fingerprint density at radius 3 is 2.38 bits per heavy atom. The molecule has 0 saturated heterocycles. The van der Waals surface area contributed by atoms with Crippen molar-refractivity contribution in [3.8, 4) is 0 Å². The molecular weight excluding hydrogens is 428 g/mol. The molecule has 0 unspecified atom stereocenters. The molecule has 4 rings (SSSR count). The van der Waals surface area contributed by atoms with E-state index in [1.165, 1.54) is 12.1 Å². The van der Waals surface area contributed by atoms with Crippen LogP contribution in [0.3, 0.4) is 0 Å². The second-order valence-corrected chi connectivity index (χ2v) is 8.01. The predicted molar refractivity (Wildman–Crippen MR) is 123 cm³/mol. The smallest absolute Gasteiger partial charge is 0.270 e. The lowest BCUT2D eigenvalue weighted by Crippen LogP contribution is -2.31. The maximum Gasteiger partial charge on any atom is 0.270 e. The molecule has 8 nitrogen and oxygen atoms in total. The standard InChI is InChI=1S/C23H18N4O4S/c28-21(26-23-25-18-12-11-17(27(30)31)13-20(18)32-23)14-19(15-7-3-1-4-8-15)24-22(29)16-9-5-2-6-10-16/h1-13,19H,14H2,(H,24,29)(H,25,26,28)/t19-/m1/s1. The lowest BCUT2D eigenvalue weighted by atomic mass is 10.0. The third-order valence-electron chi connectivity index (χ3n) is 4.76. The maximum absolute atomic E-state index is 12.8. The molecule has 0 aliphatic rings. The monoisotopic (exact) mass is 446 g/mol. The number of nitrogens with zero attached hydrogens (tertiary/aromatic N) is 2. The minimum Gasteiger partial charge on any atom is -0.345 e. The lowest BCUT2D eigenvalue weighted by Gasteiger charge is -2.19. The lowest BCUT2D eigenvalue weighted by molar-refractivity contribution is -0.384. The Bertz CT molecular complexity index is 1280. The van der Waals surface area contributed by atoms with Crippen LogP contribution < -0.4 is 10.6 Å². The molecule has 2 amide bonds. The van der Waals surface area contributed by atoms with E-state index >= 15 is 0 Å². The van der Waals surface area contributed by atoms with E-state index in [-0.39, 0.29) is 23.9 Å². The van der Waals surface area contributed by atoms with E-state index in [2.05, 4.69) is 15.6 Å². The van der Waals surface area contributed by atoms with E-state index < -0.39 is 11.0 Å². The van der Waals surface area contributed by atoms with E-state index in [4.69, 9.17) is 0 Å². The van der Waals surface area contributed by atoms with E-state index in [9.17, 15) is 19.7 Å². The first-order chi connectivity index (χ1) is 15.5. The number of benzene rings is 3. The summed E-state index contributed by atoms with van der Waals surface area (Å²) < 4.78 is 0.603. The summed E-state index contributed by atoms with van der Waals surface area (Å²) in [5, 5.41) is 17.0. The molecule has 1 aromatic heterocycles. The number of hydrogen-bond donors (Lipinski definition) is 2. The van der Waals surface area contributed by atoms with Gasteiger partial charge in [-0.15, -0.1) is 0 Å². The summed E-state index contributed by atoms with van der Waals surface area (Å²) in [6, 6.07) is 21.8. The van der Waals surface area contributed by atoms with Gasteiger partial charge >= 0.3 is 0 Å². The quantitative estimate of drug-likeness (QED) is 0.315. The first-order valence-corrected chi connectivity index (χ1v) is 10.6. The number of rotatable bonds is 7. The molecule has 0 bridgehead atoms. The molecule has 0 aliphatic heterocycles. The van der Waals surface area contributed by atoms with Gasteiger partial charge in [0.1, 0.15) is 0 Å². The Labute approximate surface area is 187 Å². The summed E-state index contributed by atoms with van der Waals surface area (Å²) >= 11 is 1.16. The second-order valence-electron chi connectivity index (χ2n) is 6.98. The third kappa shape index (κ3) is 4.96. The zero-order valence-corrected chi connectivity index (χ0v) is 17.5. The average Bonchev–Trinajstić information content (AvgIpc) is 3.21. The number of carbonyl (C=O) groups excluding carboxylic acids is 2. The highest BCUT2D eigenvalue weighted by molar-refractivity contribution is 7.22. The Balaban J connectivity index is 1.50. The number of nitro benzene ring substituents is 1. The fraction of sp³-hybridized carbons (Fsp3) is 0.0870. The van der Waals surface area contributed by atoms with E-state index in [0.29, 0.717) is 20.9 Å². The number of carbonyl (C=O) groups is 2. The van der Waals surface area contributed by atoms with Gasteiger partial charge in [0.05, 0.1) is 27.6 Å². The Morgan fingerprint density at radius 2 is 1.69 bits per heavy atom. The van der Waals surface area contributed by atoms with Crippen molar-refractivity contribution >= 4 is 44.2 Å². The van der Waals surface area contributed by atoms with Crippen molar-refractivity contribution in [2.45, 2.75) is 12.5 Å². The van der Waals surface area contributed by atoms with Crippen LogP contribution in [0.2, 0.25) is 0 Å². The van der Waals surface area contributed by atoms with Crippen molar-refractivity contribution < 1.29 is 14.5 Å². The van der Waals surface area contributed by atoms with Crippen molar-refractivity contribution in [1.82, 2.24) is 10.3 Å². The summed E-state index contributed by atoms with van der Waals surface area (Å²) in [6.07, 6.45) is -0.00133. The van der Waals surface area contributed by atoms with Gasteiger partial charge in [0.15, 0.2) is 5.13 Å². The SMILES string of the molecule is O=C(C[C@@H](NC(=O)c1ccccc1)c1ccccc1)Nc1nc2ccc([N+](=O)[O-])cc2s1. The van der Waals surface area contributed by atoms with E-state index in [0.717, 1.165) is 16.9 Å². The molecule has 0 aliphatic carbocycles. The molecule has 1 atom stereocenters. The molecule has 1 heterocycles. The minimum absolute atomic E-state index is 0.00133. The van der Waals surface area contributed by atoms with Crippen molar-refractivity contribution in [1.29, 1.82) is 0 Å². The van der Waals surface area contributed by atoms with Crippen LogP contribution in [0.1, 0.15) is 28.4 Å². The summed E-state index contributed by atoms with van der Waals surface area (Å²) in [6.45, 7) is 0. The molecule has 2 N–H and O–H groups in total. The van der Waals surface area contributed by atoms with Crippen LogP contribution in [-0.4, -0.2) is 21.7 Å². The number of hydrogen-bond acceptors (Lipinski definition) is 6. The molecule has 3 aromatic carbocycles. The number of thiazole rings is 1. The fourth-order valence-electron chi connectivity index (χ4n) is 3.20. The molecule has 9 heteroatoms. The van der Waals surface area contributed by atoms with Crippen LogP contribution >= 0.6 is 11.3 Å². The number of fused-ring (bicyclic) bond motifs is 1. The van der Waals surface area contributed by atoms with Gasteiger partial charge in [0.25, 0.3) is 11.6 Å². The van der Waals surface area contributed by atoms with Gasteiger partial charge < -0.3 is 10.6 Å². The first kappa shape index (κ1) is 21.1. The second kappa shape index (κ2) is 9.36. The van der Waals surface area contributed by atoms with E-state index in [1.54, 1.807) is 30.3 Å². The summed E-state index contributed by atoms with van der Waals surface area (Å²) in [5.41, 5.74) is 1.83. The molecule has 32 heavy (non-hydrogen) atoms. The molecule has 0 spiro atoms. The van der Waals surface area contributed by atoms with Gasteiger partial charge in [-0.05, 0) is 23.8 Å². The molecule has 0 fully saturated rings. The molecule has 0 radical (unpaired) electrons. The fourth-order valence-corrected chi connectivity index (χ4v) is 4.12. The van der Waals surface area contributed by atoms with Gasteiger partial charge in [-0.3, -0.25) is 19.7 Å². The highest BCUT2D eigenvalue weighted by Gasteiger charge is 2.20. The number of aromatic nitrogens is 1. The van der Waals surface area contributed by atoms with Crippen LogP contribution in [-0.2, 0) is 4.79 Å². The van der Waals surface area contributed by atoms with Crippen molar-refractivity contribution in [2.24, 2.45) is 0 Å². The van der Waals surface area contributed by atoms with Gasteiger partial charge in [-0.25, -0.2) is 4.98 Å². The van der Waals surface area contributed by atoms with Crippen molar-refractivity contribution in [3.63, 3.8) is 0 Å². The van der Waals surface area contributed by atoms with Crippen LogP contribution in [0.5, 0.6) is 0 Å². The summed E-state index contributed by atoms with van der Waals surface area (Å²) in [7, 11) is 0. The number of anilines is 1. The largest absolute Gasteiger partial charge is 0.345 e. The van der Waals surface area contributed by atoms with Crippen LogP contribution in [0.4, 0.5) is 10.8 Å². The molecule has 0 saturated carbocycles. The predicted octanol–water partition coefficient (Wildman–Crippen LogP) is 4.70. The van der Waals surface area contributed by atoms with Crippen molar-refractivity contribution in [3.05, 3.63) is 100 Å². The van der Waals surface area contributed by atoms with Crippen LogP contribution in [0.15, 0.2) is 78.9 Å². The van der Waals surface area contributed by atoms with Gasteiger partial charge in [-0.2, -0.15) is 0 Å². The first-order valence-electron chi connectivity index (χ1n) is 9.75. The van der Waals surface area contributed by atoms with Gasteiger partial charge in [0.2, 0.25) is 5.91 Å². The average molecular weight is 446 g/mol. The van der Waals surface area contributed by atoms with Crippen LogP contribution in [0, 0.1) is 10.1 Å². The highest BCUT2D eigenvalue weighted by Crippen LogP contribution is 2.29. The number of non-ortho nitro benzene ring substituents is 1. The van der Waals surface area contributed by atoms with Crippen LogP contribution in [0.25, 0.3) is 10.2 Å². The zero-order chi connectivity index (χ0) is 22.5. The highest BCUT2D eigenvalue weighted by atomic mass is 32.1. The number of nitrogens with one attached hydrogen (secondary N) is 2. The third-order valence-corrected chi connectivity index (χ3v) is 5.70. The summed E-state index contributed by atoms with van der Waals surface area (Å²) in [4.78, 5) is 40.2. The van der Waals surface area contributed by atoms with Crippen molar-refractivity contribution in [2.75, 3.05) is 5.32 Å². The molecular formula is C23H18N4O4S. The van der Waals surface area contributed by atoms with Gasteiger partial charge in [0, 0.05) is 17.7 Å². The summed E-state index contributed by atoms with van der Waals surface area (Å²) in [5.74, 6) is -0.611. The zero-order valence-electron chi connectivity index (χ0n) is 16.7. The Morgan fingerprint density at radius 1 is 1.00 bits per heavy atom. The van der Waals surface area contributed by atoms with Gasteiger partial charge in [-0.1, -0.05) is 59.9 Å². The normalized spacial score (nSPS) is 11.6. The minimum atomic E-state index is -0.542. The molecule has 4 aromatic rings. The maximum atomic E-state index is 12.8. The van der Waals surface area contributed by atoms with E-state index in [1.807, 2.05) is 36.4 Å². The number of nitro groups is 1. The Kier molecular flexibility index (Phi) is 6.18. The molecule has 160 valence electrons. The number of amides is 2. The topological polar surface area (TPSA) is 114 Å².